The van der Waals surface area contributed by atoms with Crippen LogP contribution < -0.4 is 20.6 Å². The van der Waals surface area contributed by atoms with Crippen LogP contribution in [0.5, 0.6) is 17.4 Å². The summed E-state index contributed by atoms with van der Waals surface area (Å²) in [6.07, 6.45) is 4.50. The maximum Gasteiger partial charge on any atom is 0.283 e. The fourth-order valence-electron chi connectivity index (χ4n) is 5.59. The molecule has 1 spiro atoms. The summed E-state index contributed by atoms with van der Waals surface area (Å²) in [5, 5.41) is 1.24. The Hall–Kier alpha value is -5.07. The molecular weight excluding hydrogens is 717 g/mol. The predicted octanol–water partition coefficient (Wildman–Crippen LogP) is 8.16. The van der Waals surface area contributed by atoms with Crippen molar-refractivity contribution in [2.75, 3.05) is 13.2 Å². The highest BCUT2D eigenvalue weighted by Gasteiger charge is 2.47. The van der Waals surface area contributed by atoms with E-state index in [2.05, 4.69) is 56.6 Å². The van der Waals surface area contributed by atoms with Crippen molar-refractivity contribution < 1.29 is 23.0 Å². The van der Waals surface area contributed by atoms with E-state index in [-0.39, 0.29) is 28.6 Å². The smallest absolute Gasteiger partial charge is 0.283 e. The van der Waals surface area contributed by atoms with Crippen molar-refractivity contribution in [3.63, 3.8) is 0 Å². The van der Waals surface area contributed by atoms with Gasteiger partial charge >= 0.3 is 0 Å². The van der Waals surface area contributed by atoms with E-state index in [0.29, 0.717) is 57.1 Å². The molecule has 2 aliphatic heterocycles. The molecule has 8 rings (SSSR count). The van der Waals surface area contributed by atoms with E-state index in [0.717, 1.165) is 15.6 Å². The summed E-state index contributed by atoms with van der Waals surface area (Å²) < 4.78 is 38.5. The molecule has 0 aliphatic carbocycles. The van der Waals surface area contributed by atoms with Gasteiger partial charge in [-0.25, -0.2) is 19.9 Å². The normalized spacial score (nSPS) is 16.2. The van der Waals surface area contributed by atoms with E-state index in [9.17, 15) is 9.18 Å². The lowest BCUT2D eigenvalue weighted by Crippen LogP contribution is -2.31. The Balaban J connectivity index is 0.000000186. The highest BCUT2D eigenvalue weighted by atomic mass is 79.9. The fraction of sp³-hybridized carbons (Fsp3) is 0.194. The first kappa shape index (κ1) is 32.5. The zero-order valence-corrected chi connectivity index (χ0v) is 28.8. The molecule has 0 saturated heterocycles. The molecule has 0 radical (unpaired) electrons. The van der Waals surface area contributed by atoms with Crippen molar-refractivity contribution in [1.29, 1.82) is 0 Å². The molecule has 0 fully saturated rings. The molecular formula is C36H28BrClFN5O5. The average Bonchev–Trinajstić information content (AvgIpc) is 3.47. The number of amidine groups is 1. The Bertz CT molecular complexity index is 2300. The van der Waals surface area contributed by atoms with Gasteiger partial charge in [-0.1, -0.05) is 54.4 Å². The van der Waals surface area contributed by atoms with Crippen LogP contribution in [0.25, 0.3) is 33.1 Å². The molecule has 1 atom stereocenters. The van der Waals surface area contributed by atoms with Gasteiger partial charge in [0.25, 0.3) is 6.02 Å². The number of benzene rings is 2. The van der Waals surface area contributed by atoms with Crippen molar-refractivity contribution in [3.8, 4) is 28.5 Å². The molecule has 248 valence electrons. The number of ether oxygens (including phenoxy) is 3. The third kappa shape index (κ3) is 6.29. The van der Waals surface area contributed by atoms with E-state index in [1.54, 1.807) is 42.6 Å². The minimum atomic E-state index is -0.954. The third-order valence-corrected chi connectivity index (χ3v) is 8.57. The van der Waals surface area contributed by atoms with E-state index in [1.165, 1.54) is 18.5 Å². The van der Waals surface area contributed by atoms with Gasteiger partial charge < -0.3 is 24.4 Å². The quantitative estimate of drug-likeness (QED) is 0.141. The van der Waals surface area contributed by atoms with Gasteiger partial charge in [-0.05, 0) is 59.5 Å². The van der Waals surface area contributed by atoms with Crippen LogP contribution in [-0.4, -0.2) is 34.2 Å². The molecule has 13 heteroatoms. The summed E-state index contributed by atoms with van der Waals surface area (Å²) in [5.74, 6) is 1.03. The molecule has 49 heavy (non-hydrogen) atoms. The molecule has 0 amide bonds. The lowest BCUT2D eigenvalue weighted by molar-refractivity contribution is 0.190. The summed E-state index contributed by atoms with van der Waals surface area (Å²) in [6, 6.07) is 17.5. The van der Waals surface area contributed by atoms with Gasteiger partial charge in [0.2, 0.25) is 17.3 Å². The highest BCUT2D eigenvalue weighted by Crippen LogP contribution is 2.52. The van der Waals surface area contributed by atoms with E-state index >= 15 is 0 Å². The van der Waals surface area contributed by atoms with E-state index in [1.807, 2.05) is 18.2 Å². The van der Waals surface area contributed by atoms with Crippen LogP contribution in [0.3, 0.4) is 0 Å². The van der Waals surface area contributed by atoms with Crippen molar-refractivity contribution in [2.24, 2.45) is 16.1 Å². The molecule has 0 bridgehead atoms. The van der Waals surface area contributed by atoms with Gasteiger partial charge in [-0.3, -0.25) is 4.79 Å². The standard InChI is InChI=1S/C24H23FN4O3.C12H5BrClNO2/c1-23(2,3)12-30-20-10-17-19(11-28-20)32-18-7-6-14(15-5-4-8-27-21(15)25)9-16(18)24(17)13-31-22(26)29-24;13-6-1-2-9-7(3-6)12(16)8-4-11(14)15-5-10(8)17-9/h4-11H,12-13H2,1-3H3,(H2,26,29);1-5H. The van der Waals surface area contributed by atoms with Crippen LogP contribution in [0.15, 0.2) is 97.9 Å². The number of fused-ring (bicyclic) bond motifs is 6. The Labute approximate surface area is 292 Å². The van der Waals surface area contributed by atoms with Crippen molar-refractivity contribution in [3.05, 3.63) is 116 Å². The third-order valence-electron chi connectivity index (χ3n) is 7.87. The van der Waals surface area contributed by atoms with Gasteiger partial charge in [0.15, 0.2) is 16.9 Å². The first-order valence-corrected chi connectivity index (χ1v) is 16.3. The van der Waals surface area contributed by atoms with Crippen LogP contribution in [0.1, 0.15) is 31.9 Å². The number of nitrogens with two attached hydrogens (primary N) is 1. The Morgan fingerprint density at radius 3 is 2.53 bits per heavy atom. The minimum absolute atomic E-state index is 0.0277. The van der Waals surface area contributed by atoms with Crippen molar-refractivity contribution in [2.45, 2.75) is 26.3 Å². The minimum Gasteiger partial charge on any atom is -0.477 e. The zero-order valence-electron chi connectivity index (χ0n) is 26.5. The summed E-state index contributed by atoms with van der Waals surface area (Å²) in [4.78, 5) is 28.9. The number of halogens is 3. The van der Waals surface area contributed by atoms with Crippen molar-refractivity contribution in [1.82, 2.24) is 15.0 Å². The first-order valence-electron chi connectivity index (χ1n) is 15.1. The molecule has 2 aromatic carbocycles. The molecule has 4 aromatic heterocycles. The predicted molar refractivity (Wildman–Crippen MR) is 188 cm³/mol. The van der Waals surface area contributed by atoms with Crippen LogP contribution in [0.4, 0.5) is 4.39 Å². The summed E-state index contributed by atoms with van der Waals surface area (Å²) in [6.45, 7) is 6.93. The van der Waals surface area contributed by atoms with Gasteiger partial charge in [0, 0.05) is 33.4 Å². The first-order chi connectivity index (χ1) is 23.4. The lowest BCUT2D eigenvalue weighted by atomic mass is 9.81. The number of hydrogen-bond donors (Lipinski definition) is 1. The van der Waals surface area contributed by atoms with Crippen LogP contribution >= 0.6 is 27.5 Å². The zero-order chi connectivity index (χ0) is 34.5. The van der Waals surface area contributed by atoms with Gasteiger partial charge in [-0.2, -0.15) is 4.39 Å². The molecule has 6 aromatic rings. The second-order valence-electron chi connectivity index (χ2n) is 12.7. The van der Waals surface area contributed by atoms with E-state index < -0.39 is 11.5 Å². The number of aromatic nitrogens is 3. The number of pyridine rings is 3. The van der Waals surface area contributed by atoms with Gasteiger partial charge in [-0.15, -0.1) is 0 Å². The fourth-order valence-corrected chi connectivity index (χ4v) is 6.11. The van der Waals surface area contributed by atoms with E-state index in [4.69, 9.17) is 36.0 Å². The van der Waals surface area contributed by atoms with Gasteiger partial charge in [0.1, 0.15) is 23.1 Å². The van der Waals surface area contributed by atoms with Crippen molar-refractivity contribution >= 4 is 55.5 Å². The molecule has 0 saturated carbocycles. The van der Waals surface area contributed by atoms with Crippen LogP contribution in [0, 0.1) is 11.4 Å². The van der Waals surface area contributed by atoms with Crippen LogP contribution in [-0.2, 0) is 10.3 Å². The molecule has 2 N–H and O–H groups in total. The SMILES string of the molecule is CC(C)(C)COc1cc2c(cn1)Oc1ccc(-c3cccnc3F)cc1C21COC(N)=N1.O=c1c2cc(Br)ccc2oc2cnc(Cl)cc12. The maximum absolute atomic E-state index is 14.4. The summed E-state index contributed by atoms with van der Waals surface area (Å²) >= 11 is 9.10. The molecule has 1 unspecified atom stereocenters. The maximum atomic E-state index is 14.4. The molecule has 2 aliphatic rings. The number of aliphatic imine (C=N–C) groups is 1. The van der Waals surface area contributed by atoms with Crippen LogP contribution in [0.2, 0.25) is 5.15 Å². The molecule has 10 nitrogen and oxygen atoms in total. The number of hydrogen-bond acceptors (Lipinski definition) is 10. The summed E-state index contributed by atoms with van der Waals surface area (Å²) in [7, 11) is 0. The molecule has 6 heterocycles. The highest BCUT2D eigenvalue weighted by molar-refractivity contribution is 9.10. The Morgan fingerprint density at radius 1 is 0.980 bits per heavy atom. The number of rotatable bonds is 3. The Kier molecular flexibility index (Phi) is 8.24. The van der Waals surface area contributed by atoms with Gasteiger partial charge in [0.05, 0.1) is 29.8 Å². The monoisotopic (exact) mass is 743 g/mol. The topological polar surface area (TPSA) is 135 Å². The second-order valence-corrected chi connectivity index (χ2v) is 14.0. The summed E-state index contributed by atoms with van der Waals surface area (Å²) in [5.41, 5.74) is 8.33. The number of nitrogens with zero attached hydrogens (tertiary/aromatic N) is 4. The Morgan fingerprint density at radius 2 is 1.78 bits per heavy atom. The average molecular weight is 745 g/mol. The largest absolute Gasteiger partial charge is 0.477 e. The second kappa shape index (κ2) is 12.4. The lowest BCUT2D eigenvalue weighted by Gasteiger charge is -2.33.